The van der Waals surface area contributed by atoms with Gasteiger partial charge < -0.3 is 15.6 Å². The molecule has 0 spiro atoms. The van der Waals surface area contributed by atoms with Gasteiger partial charge >= 0.3 is 0 Å². The van der Waals surface area contributed by atoms with E-state index in [1.165, 1.54) is 146 Å². The highest BCUT2D eigenvalue weighted by Gasteiger charge is 2.19. The Morgan fingerprint density at radius 1 is 0.786 bits per heavy atom. The van der Waals surface area contributed by atoms with Crippen LogP contribution < -0.4 is 10.6 Å². The fourth-order valence-corrected chi connectivity index (χ4v) is 6.63. The van der Waals surface area contributed by atoms with Gasteiger partial charge in [-0.2, -0.15) is 0 Å². The van der Waals surface area contributed by atoms with E-state index in [1.807, 2.05) is 6.20 Å². The Balaban J connectivity index is 1.22. The van der Waals surface area contributed by atoms with Crippen LogP contribution in [0.4, 0.5) is 5.69 Å². The molecule has 2 aromatic rings. The first-order valence-electron chi connectivity index (χ1n) is 18.0. The lowest BCUT2D eigenvalue weighted by Crippen LogP contribution is -2.20. The molecule has 1 aromatic heterocycles. The summed E-state index contributed by atoms with van der Waals surface area (Å²) in [4.78, 5) is 16.6. The van der Waals surface area contributed by atoms with Gasteiger partial charge in [0.1, 0.15) is 0 Å². The number of benzene rings is 1. The van der Waals surface area contributed by atoms with Gasteiger partial charge in [0.2, 0.25) is 5.78 Å². The molecule has 1 heterocycles. The van der Waals surface area contributed by atoms with E-state index < -0.39 is 0 Å². The van der Waals surface area contributed by atoms with Crippen molar-refractivity contribution < 1.29 is 4.79 Å². The number of aryl methyl sites for hydroxylation is 1. The normalized spacial score (nSPS) is 13.7. The van der Waals surface area contributed by atoms with Crippen LogP contribution in [-0.2, 0) is 6.42 Å². The predicted molar refractivity (Wildman–Crippen MR) is 184 cm³/mol. The Bertz CT molecular complexity index is 1030. The van der Waals surface area contributed by atoms with E-state index in [9.17, 15) is 4.79 Å². The molecule has 0 aliphatic heterocycles. The molecule has 4 nitrogen and oxygen atoms in total. The maximum Gasteiger partial charge on any atom is 0.210 e. The van der Waals surface area contributed by atoms with Crippen molar-refractivity contribution >= 4 is 22.4 Å². The van der Waals surface area contributed by atoms with E-state index in [2.05, 4.69) is 48.2 Å². The van der Waals surface area contributed by atoms with Crippen LogP contribution in [0.15, 0.2) is 30.6 Å². The standard InChI is InChI=1S/C38H63N3O/c1-4-6-7-8-9-10-11-12-13-14-15-16-17-18-19-20-21-24-27-39-31(3)38(42)35-30-40-37-28-32(5-2)36(29-34(35)37)41-33-25-22-23-26-33/h28-30,33,39-41H,3-27H2,1-2H3. The monoisotopic (exact) mass is 577 g/mol. The number of carbonyl (C=O) groups is 1. The van der Waals surface area contributed by atoms with Crippen molar-refractivity contribution in [2.75, 3.05) is 11.9 Å². The number of allylic oxidation sites excluding steroid dienone is 1. The number of hydrogen-bond acceptors (Lipinski definition) is 3. The average Bonchev–Trinajstić information content (AvgIpc) is 3.67. The highest BCUT2D eigenvalue weighted by molar-refractivity contribution is 6.16. The fraction of sp³-hybridized carbons (Fsp3) is 0.711. The second-order valence-corrected chi connectivity index (χ2v) is 13.0. The Kier molecular flexibility index (Phi) is 16.8. The Morgan fingerprint density at radius 2 is 1.31 bits per heavy atom. The van der Waals surface area contributed by atoms with E-state index in [1.54, 1.807) is 0 Å². The van der Waals surface area contributed by atoms with Gasteiger partial charge in [-0.25, -0.2) is 0 Å². The molecule has 0 atom stereocenters. The number of ketones is 1. The number of carbonyl (C=O) groups excluding carboxylic acids is 1. The first-order valence-corrected chi connectivity index (χ1v) is 18.0. The smallest absolute Gasteiger partial charge is 0.210 e. The van der Waals surface area contributed by atoms with Crippen LogP contribution in [0.5, 0.6) is 0 Å². The summed E-state index contributed by atoms with van der Waals surface area (Å²) in [6.07, 6.45) is 32.8. The summed E-state index contributed by atoms with van der Waals surface area (Å²) in [5, 5.41) is 8.07. The van der Waals surface area contributed by atoms with Crippen molar-refractivity contribution in [2.24, 2.45) is 0 Å². The van der Waals surface area contributed by atoms with Crippen LogP contribution in [0, 0.1) is 0 Å². The zero-order valence-corrected chi connectivity index (χ0v) is 27.4. The molecular formula is C38H63N3O. The minimum absolute atomic E-state index is 0.000256. The quantitative estimate of drug-likeness (QED) is 0.0625. The summed E-state index contributed by atoms with van der Waals surface area (Å²) >= 11 is 0. The van der Waals surface area contributed by atoms with Gasteiger partial charge in [0, 0.05) is 40.9 Å². The van der Waals surface area contributed by atoms with E-state index in [4.69, 9.17) is 0 Å². The number of Topliss-reactive ketones (excluding diaryl/α,β-unsaturated/α-hetero) is 1. The van der Waals surface area contributed by atoms with Gasteiger partial charge in [-0.15, -0.1) is 0 Å². The van der Waals surface area contributed by atoms with E-state index in [-0.39, 0.29) is 5.78 Å². The third-order valence-corrected chi connectivity index (χ3v) is 9.39. The van der Waals surface area contributed by atoms with Crippen LogP contribution >= 0.6 is 0 Å². The average molecular weight is 578 g/mol. The molecule has 1 aliphatic carbocycles. The largest absolute Gasteiger partial charge is 0.382 e. The molecule has 0 saturated heterocycles. The molecule has 42 heavy (non-hydrogen) atoms. The molecule has 0 bridgehead atoms. The first kappa shape index (κ1) is 34.3. The minimum Gasteiger partial charge on any atom is -0.382 e. The van der Waals surface area contributed by atoms with Crippen LogP contribution in [0.1, 0.15) is 171 Å². The number of H-pyrrole nitrogens is 1. The van der Waals surface area contributed by atoms with Gasteiger partial charge in [0.05, 0.1) is 5.70 Å². The summed E-state index contributed by atoms with van der Waals surface area (Å²) in [7, 11) is 0. The molecule has 3 rings (SSSR count). The molecular weight excluding hydrogens is 514 g/mol. The van der Waals surface area contributed by atoms with Crippen LogP contribution in [0.3, 0.4) is 0 Å². The number of anilines is 1. The SMILES string of the molecule is C=C(NCCCCCCCCCCCCCCCCCCCC)C(=O)c1c[nH]c2cc(CC)c(NC3CCCC3)cc12. The number of nitrogens with one attached hydrogen (secondary N) is 3. The maximum atomic E-state index is 13.3. The summed E-state index contributed by atoms with van der Waals surface area (Å²) in [6, 6.07) is 4.94. The van der Waals surface area contributed by atoms with Crippen molar-refractivity contribution in [3.8, 4) is 0 Å². The zero-order valence-electron chi connectivity index (χ0n) is 27.4. The number of unbranched alkanes of at least 4 members (excludes halogenated alkanes) is 17. The Hall–Kier alpha value is -2.23. The molecule has 1 saturated carbocycles. The minimum atomic E-state index is -0.000256. The second-order valence-electron chi connectivity index (χ2n) is 13.0. The first-order chi connectivity index (χ1) is 20.6. The maximum absolute atomic E-state index is 13.3. The van der Waals surface area contributed by atoms with Crippen molar-refractivity contribution in [3.63, 3.8) is 0 Å². The Morgan fingerprint density at radius 3 is 1.83 bits per heavy atom. The van der Waals surface area contributed by atoms with Gasteiger partial charge in [-0.3, -0.25) is 4.79 Å². The molecule has 4 heteroatoms. The number of fused-ring (bicyclic) bond motifs is 1. The van der Waals surface area contributed by atoms with Gasteiger partial charge in [0.25, 0.3) is 0 Å². The molecule has 1 fully saturated rings. The lowest BCUT2D eigenvalue weighted by atomic mass is 10.0. The van der Waals surface area contributed by atoms with Crippen LogP contribution in [0.25, 0.3) is 10.9 Å². The molecule has 0 unspecified atom stereocenters. The number of aromatic amines is 1. The van der Waals surface area contributed by atoms with Crippen LogP contribution in [0.2, 0.25) is 0 Å². The molecule has 0 radical (unpaired) electrons. The Labute approximate surface area is 258 Å². The van der Waals surface area contributed by atoms with Gasteiger partial charge in [-0.05, 0) is 43.4 Å². The fourth-order valence-electron chi connectivity index (χ4n) is 6.63. The third kappa shape index (κ3) is 12.2. The lowest BCUT2D eigenvalue weighted by Gasteiger charge is -2.17. The van der Waals surface area contributed by atoms with Crippen molar-refractivity contribution in [1.82, 2.24) is 10.3 Å². The molecule has 0 amide bonds. The van der Waals surface area contributed by atoms with Crippen molar-refractivity contribution in [3.05, 3.63) is 41.7 Å². The van der Waals surface area contributed by atoms with Gasteiger partial charge in [-0.1, -0.05) is 142 Å². The summed E-state index contributed by atoms with van der Waals surface area (Å²) in [5.41, 5.74) is 4.75. The zero-order chi connectivity index (χ0) is 29.8. The molecule has 1 aliphatic rings. The second kappa shape index (κ2) is 20.6. The molecule has 1 aromatic carbocycles. The van der Waals surface area contributed by atoms with E-state index in [0.717, 1.165) is 35.9 Å². The number of hydrogen-bond donors (Lipinski definition) is 3. The number of aromatic nitrogens is 1. The van der Waals surface area contributed by atoms with E-state index in [0.29, 0.717) is 11.7 Å². The summed E-state index contributed by atoms with van der Waals surface area (Å²) in [6.45, 7) is 9.39. The highest BCUT2D eigenvalue weighted by atomic mass is 16.1. The van der Waals surface area contributed by atoms with Crippen LogP contribution in [-0.4, -0.2) is 23.4 Å². The lowest BCUT2D eigenvalue weighted by molar-refractivity contribution is 0.102. The van der Waals surface area contributed by atoms with Crippen molar-refractivity contribution in [1.29, 1.82) is 0 Å². The predicted octanol–water partition coefficient (Wildman–Crippen LogP) is 11.4. The topological polar surface area (TPSA) is 56.9 Å². The van der Waals surface area contributed by atoms with Crippen molar-refractivity contribution in [2.45, 2.75) is 168 Å². The highest BCUT2D eigenvalue weighted by Crippen LogP contribution is 2.31. The van der Waals surface area contributed by atoms with E-state index >= 15 is 0 Å². The molecule has 236 valence electrons. The summed E-state index contributed by atoms with van der Waals surface area (Å²) in [5.74, 6) is -0.000256. The molecule has 3 N–H and O–H groups in total. The summed E-state index contributed by atoms with van der Waals surface area (Å²) < 4.78 is 0. The third-order valence-electron chi connectivity index (χ3n) is 9.39. The number of rotatable bonds is 25. The van der Waals surface area contributed by atoms with Gasteiger partial charge in [0.15, 0.2) is 0 Å².